The maximum absolute atomic E-state index is 14.7. The monoisotopic (exact) mass is 869 g/mol. The van der Waals surface area contributed by atoms with Crippen molar-refractivity contribution in [1.82, 2.24) is 25.2 Å². The summed E-state index contributed by atoms with van der Waals surface area (Å²) in [6.07, 6.45) is -1.14. The molecule has 4 amide bonds. The minimum absolute atomic E-state index is 0.000199. The van der Waals surface area contributed by atoms with Crippen LogP contribution < -0.4 is 29.6 Å². The van der Waals surface area contributed by atoms with Gasteiger partial charge in [-0.05, 0) is 76.0 Å². The summed E-state index contributed by atoms with van der Waals surface area (Å²) in [7, 11) is -1.52. The number of hydrogen-bond acceptors (Lipinski definition) is 11. The Hall–Kier alpha value is -4.88. The highest BCUT2D eigenvalue weighted by Gasteiger charge is 2.64. The molecule has 15 nitrogen and oxygen atoms in total. The van der Waals surface area contributed by atoms with E-state index in [0.29, 0.717) is 55.4 Å². The van der Waals surface area contributed by atoms with Gasteiger partial charge >= 0.3 is 12.3 Å². The maximum Gasteiger partial charge on any atom is 0.427 e. The molecule has 20 heteroatoms. The molecule has 1 saturated heterocycles. The van der Waals surface area contributed by atoms with E-state index in [1.54, 1.807) is 31.2 Å². The minimum atomic E-state index is -4.94. The number of pyridine rings is 1. The quantitative estimate of drug-likeness (QED) is 0.218. The molecule has 1 aromatic carbocycles. The van der Waals surface area contributed by atoms with E-state index >= 15 is 0 Å². The van der Waals surface area contributed by atoms with Gasteiger partial charge in [0.15, 0.2) is 0 Å². The number of sulfonamides is 1. The van der Waals surface area contributed by atoms with E-state index in [4.69, 9.17) is 18.9 Å². The number of fused-ring (bicyclic) bond motifs is 3. The highest BCUT2D eigenvalue weighted by molar-refractivity contribution is 7.91. The van der Waals surface area contributed by atoms with Crippen LogP contribution in [0.3, 0.4) is 0 Å². The molecule has 4 aliphatic rings. The van der Waals surface area contributed by atoms with Crippen molar-refractivity contribution in [1.29, 1.82) is 0 Å². The van der Waals surface area contributed by atoms with Gasteiger partial charge in [-0.3, -0.25) is 19.1 Å². The Morgan fingerprint density at radius 1 is 1.05 bits per heavy atom. The van der Waals surface area contributed by atoms with E-state index in [9.17, 15) is 45.2 Å². The Morgan fingerprint density at radius 3 is 2.40 bits per heavy atom. The summed E-state index contributed by atoms with van der Waals surface area (Å²) in [5, 5.41) is 6.14. The van der Waals surface area contributed by atoms with Crippen LogP contribution in [0, 0.1) is 17.8 Å². The molecule has 2 aliphatic carbocycles. The van der Waals surface area contributed by atoms with Crippen LogP contribution in [0.5, 0.6) is 17.4 Å². The lowest BCUT2D eigenvalue weighted by molar-refractivity contribution is -0.244. The number of aromatic nitrogens is 1. The second kappa shape index (κ2) is 16.5. The highest BCUT2D eigenvalue weighted by atomic mass is 32.2. The van der Waals surface area contributed by atoms with Crippen molar-refractivity contribution in [2.75, 3.05) is 27.4 Å². The molecule has 3 fully saturated rings. The summed E-state index contributed by atoms with van der Waals surface area (Å²) < 4.78 is 104. The van der Waals surface area contributed by atoms with Crippen LogP contribution >= 0.6 is 0 Å². The SMILES string of the molecule is COc1ccc2c(O[C@@H]3C[C@H]4C(=O)N[C@]5(C(=O)NS(=O)(=O)C6(CF)CC6)C[C@H]5/C=C\[C@H](C)CCC[C@@H](C)[C@H](NC(=O)OC(C)(C)C(F)(F)F)C(=O)N4C3)ncc(OC)c2c1. The molecule has 2 aromatic rings. The smallest absolute Gasteiger partial charge is 0.427 e. The first-order chi connectivity index (χ1) is 28.1. The fourth-order valence-electron chi connectivity index (χ4n) is 7.73. The highest BCUT2D eigenvalue weighted by Crippen LogP contribution is 2.48. The summed E-state index contributed by atoms with van der Waals surface area (Å²) in [5.41, 5.74) is -4.70. The van der Waals surface area contributed by atoms with Gasteiger partial charge in [-0.1, -0.05) is 32.4 Å². The van der Waals surface area contributed by atoms with Gasteiger partial charge in [0.1, 0.15) is 46.6 Å². The van der Waals surface area contributed by atoms with Crippen molar-refractivity contribution in [3.8, 4) is 17.4 Å². The average Bonchev–Trinajstić information content (AvgIpc) is 4.09. The predicted molar refractivity (Wildman–Crippen MR) is 208 cm³/mol. The molecule has 0 spiro atoms. The van der Waals surface area contributed by atoms with E-state index in [1.165, 1.54) is 20.4 Å². The lowest BCUT2D eigenvalue weighted by Crippen LogP contribution is -2.60. The van der Waals surface area contributed by atoms with Gasteiger partial charge in [-0.2, -0.15) is 13.2 Å². The first-order valence-corrected chi connectivity index (χ1v) is 21.3. The molecule has 60 heavy (non-hydrogen) atoms. The Balaban J connectivity index is 1.36. The minimum Gasteiger partial charge on any atom is -0.497 e. The number of nitrogens with zero attached hydrogens (tertiary/aromatic N) is 2. The number of alkyl halides is 4. The molecule has 330 valence electrons. The van der Waals surface area contributed by atoms with Gasteiger partial charge in [-0.15, -0.1) is 0 Å². The third-order valence-corrected chi connectivity index (χ3v) is 14.2. The first kappa shape index (κ1) is 44.7. The fourth-order valence-corrected chi connectivity index (χ4v) is 9.15. The summed E-state index contributed by atoms with van der Waals surface area (Å²) in [6.45, 7) is 3.42. The zero-order valence-electron chi connectivity index (χ0n) is 34.2. The number of hydrogen-bond donors (Lipinski definition) is 3. The van der Waals surface area contributed by atoms with Gasteiger partial charge < -0.3 is 34.5 Å². The summed E-state index contributed by atoms with van der Waals surface area (Å²) in [5.74, 6) is -3.14. The van der Waals surface area contributed by atoms with Crippen molar-refractivity contribution in [3.05, 3.63) is 36.5 Å². The molecule has 6 rings (SSSR count). The van der Waals surface area contributed by atoms with Gasteiger partial charge in [0.2, 0.25) is 33.3 Å². The number of rotatable bonds is 10. The van der Waals surface area contributed by atoms with Gasteiger partial charge in [0.25, 0.3) is 5.91 Å². The zero-order valence-corrected chi connectivity index (χ0v) is 35.0. The number of carbonyl (C=O) groups is 4. The van der Waals surface area contributed by atoms with Crippen LogP contribution in [-0.4, -0.2) is 110 Å². The summed E-state index contributed by atoms with van der Waals surface area (Å²) in [4.78, 5) is 61.9. The standard InChI is InChI=1S/C40H51F4N5O10S/c1-22-8-7-9-23(2)31(46-36(53)59-37(3,4)40(42,43)44)34(51)49-20-26(58-33-27-13-12-25(56-5)16-28(27)30(57-6)19-45-33)17-29(49)32(50)47-39(18-24(39)11-10-22)35(52)48-60(54,55)38(21-41)14-15-38/h10-13,16,19,22-24,26,29,31H,7-9,14-15,17-18,20-21H2,1-6H3,(H,46,53)(H,47,50)(H,48,52)/b11-10-/t22-,23-,24-,26-,29+,31+,39-/m1/s1. The third kappa shape index (κ3) is 8.79. The first-order valence-electron chi connectivity index (χ1n) is 19.8. The van der Waals surface area contributed by atoms with Crippen LogP contribution in [0.1, 0.15) is 72.6 Å². The Kier molecular flexibility index (Phi) is 12.3. The van der Waals surface area contributed by atoms with Crippen molar-refractivity contribution in [2.45, 2.75) is 113 Å². The van der Waals surface area contributed by atoms with E-state index < -0.39 is 92.6 Å². The summed E-state index contributed by atoms with van der Waals surface area (Å²) in [6, 6.07) is 2.19. The number of halogens is 4. The number of alkyl carbamates (subject to hydrolysis) is 1. The normalized spacial score (nSPS) is 28.8. The van der Waals surface area contributed by atoms with Crippen molar-refractivity contribution in [2.24, 2.45) is 17.8 Å². The molecule has 3 heterocycles. The van der Waals surface area contributed by atoms with E-state index in [1.807, 2.05) is 17.7 Å². The number of benzene rings is 1. The molecular formula is C40H51F4N5O10S. The number of allylic oxidation sites excluding steroid dienone is 1. The number of carbonyl (C=O) groups excluding carboxylic acids is 4. The second-order valence-electron chi connectivity index (χ2n) is 16.8. The fraction of sp³-hybridized carbons (Fsp3) is 0.625. The molecule has 0 radical (unpaired) electrons. The number of methoxy groups -OCH3 is 2. The molecular weight excluding hydrogens is 819 g/mol. The van der Waals surface area contributed by atoms with Crippen LogP contribution in [0.2, 0.25) is 0 Å². The molecule has 3 N–H and O–H groups in total. The molecule has 2 aliphatic heterocycles. The molecule has 0 bridgehead atoms. The van der Waals surface area contributed by atoms with Crippen LogP contribution in [0.15, 0.2) is 36.5 Å². The Labute approximate surface area is 345 Å². The van der Waals surface area contributed by atoms with Crippen LogP contribution in [0.25, 0.3) is 10.8 Å². The van der Waals surface area contributed by atoms with Crippen molar-refractivity contribution < 1.29 is 64.1 Å². The van der Waals surface area contributed by atoms with Crippen molar-refractivity contribution in [3.63, 3.8) is 0 Å². The van der Waals surface area contributed by atoms with Gasteiger partial charge in [0.05, 0.1) is 27.0 Å². The van der Waals surface area contributed by atoms with Crippen molar-refractivity contribution >= 4 is 44.6 Å². The molecule has 7 atom stereocenters. The van der Waals surface area contributed by atoms with Gasteiger partial charge in [0, 0.05) is 23.1 Å². The van der Waals surface area contributed by atoms with E-state index in [0.717, 1.165) is 4.90 Å². The third-order valence-electron chi connectivity index (χ3n) is 12.1. The second-order valence-corrected chi connectivity index (χ2v) is 18.9. The van der Waals surface area contributed by atoms with Crippen LogP contribution in [-0.2, 0) is 29.1 Å². The topological polar surface area (TPSA) is 192 Å². The zero-order chi connectivity index (χ0) is 44.0. The molecule has 2 saturated carbocycles. The number of nitrogens with one attached hydrogen (secondary N) is 3. The van der Waals surface area contributed by atoms with E-state index in [2.05, 4.69) is 15.6 Å². The Bertz CT molecular complexity index is 2150. The predicted octanol–water partition coefficient (Wildman–Crippen LogP) is 4.87. The summed E-state index contributed by atoms with van der Waals surface area (Å²) >= 11 is 0. The van der Waals surface area contributed by atoms with Crippen LogP contribution in [0.4, 0.5) is 22.4 Å². The lowest BCUT2D eigenvalue weighted by atomic mass is 9.92. The maximum atomic E-state index is 14.7. The average molecular weight is 870 g/mol. The Morgan fingerprint density at radius 2 is 1.77 bits per heavy atom. The number of amides is 4. The molecule has 0 unspecified atom stereocenters. The number of ether oxygens (including phenoxy) is 4. The molecule has 1 aromatic heterocycles. The lowest BCUT2D eigenvalue weighted by Gasteiger charge is -2.33. The van der Waals surface area contributed by atoms with Gasteiger partial charge in [-0.25, -0.2) is 22.6 Å². The van der Waals surface area contributed by atoms with E-state index in [-0.39, 0.29) is 44.0 Å². The largest absolute Gasteiger partial charge is 0.497 e.